The third-order valence-electron chi connectivity index (χ3n) is 7.42. The fourth-order valence-electron chi connectivity index (χ4n) is 5.40. The van der Waals surface area contributed by atoms with Crippen LogP contribution in [-0.2, 0) is 27.3 Å². The number of nitrogens with zero attached hydrogens (tertiary/aromatic N) is 2. The molecule has 2 N–H and O–H groups in total. The summed E-state index contributed by atoms with van der Waals surface area (Å²) in [6, 6.07) is 8.81. The highest BCUT2D eigenvalue weighted by atomic mass is 35.5. The van der Waals surface area contributed by atoms with Crippen molar-refractivity contribution in [3.8, 4) is 17.2 Å². The molecule has 202 valence electrons. The number of nitrogens with one attached hydrogen (secondary N) is 2. The molecule has 0 aromatic heterocycles. The Bertz CT molecular complexity index is 1260. The number of carbonyl (C=O) groups is 3. The summed E-state index contributed by atoms with van der Waals surface area (Å²) in [6.45, 7) is 1.72. The molecule has 3 amide bonds. The summed E-state index contributed by atoms with van der Waals surface area (Å²) in [5.74, 6) is 0.871. The fourth-order valence-corrected chi connectivity index (χ4v) is 5.57. The van der Waals surface area contributed by atoms with Gasteiger partial charge >= 0.3 is 0 Å². The summed E-state index contributed by atoms with van der Waals surface area (Å²) in [5, 5.41) is 6.73. The van der Waals surface area contributed by atoms with Crippen molar-refractivity contribution in [2.24, 2.45) is 0 Å². The summed E-state index contributed by atoms with van der Waals surface area (Å²) in [4.78, 5) is 43.2. The molecule has 0 spiro atoms. The zero-order valence-corrected chi connectivity index (χ0v) is 22.2. The minimum Gasteiger partial charge on any atom is -0.493 e. The number of ether oxygens (including phenoxy) is 3. The molecule has 0 radical (unpaired) electrons. The molecular formula is C27H31ClN4O6. The van der Waals surface area contributed by atoms with Crippen LogP contribution >= 0.6 is 11.6 Å². The summed E-state index contributed by atoms with van der Waals surface area (Å²) in [5.41, 5.74) is 1.47. The van der Waals surface area contributed by atoms with Gasteiger partial charge in [-0.3, -0.25) is 19.3 Å². The standard InChI is InChI=1S/C27H31ClN4O6/c1-36-22-11-17-5-10-31(14-18(17)12-23(22)37-2)26(35)27(6-8-29-9-7-27)30-24(33)15-32-20-13-19(28)3-4-21(20)38-16-25(32)34/h3-4,11-13,29H,5-10,14-16H2,1-2H3,(H,30,33). The number of halogens is 1. The van der Waals surface area contributed by atoms with E-state index in [1.807, 2.05) is 12.1 Å². The number of rotatable bonds is 6. The van der Waals surface area contributed by atoms with Gasteiger partial charge < -0.3 is 29.7 Å². The van der Waals surface area contributed by atoms with Crippen LogP contribution in [0.1, 0.15) is 24.0 Å². The van der Waals surface area contributed by atoms with E-state index in [-0.39, 0.29) is 25.0 Å². The maximum atomic E-state index is 14.0. The number of benzene rings is 2. The molecule has 38 heavy (non-hydrogen) atoms. The molecule has 3 heterocycles. The van der Waals surface area contributed by atoms with Crippen LogP contribution in [0, 0.1) is 0 Å². The van der Waals surface area contributed by atoms with E-state index >= 15 is 0 Å². The smallest absolute Gasteiger partial charge is 0.265 e. The van der Waals surface area contributed by atoms with Crippen LogP contribution < -0.4 is 29.7 Å². The molecular weight excluding hydrogens is 512 g/mol. The van der Waals surface area contributed by atoms with Crippen molar-refractivity contribution in [1.82, 2.24) is 15.5 Å². The van der Waals surface area contributed by atoms with E-state index in [1.54, 1.807) is 37.3 Å². The predicted molar refractivity (Wildman–Crippen MR) is 141 cm³/mol. The highest BCUT2D eigenvalue weighted by Gasteiger charge is 2.44. The zero-order valence-electron chi connectivity index (χ0n) is 21.5. The minimum absolute atomic E-state index is 0.121. The lowest BCUT2D eigenvalue weighted by atomic mass is 9.85. The summed E-state index contributed by atoms with van der Waals surface area (Å²) in [6.07, 6.45) is 1.57. The number of hydrogen-bond acceptors (Lipinski definition) is 7. The van der Waals surface area contributed by atoms with E-state index < -0.39 is 11.4 Å². The van der Waals surface area contributed by atoms with E-state index in [2.05, 4.69) is 10.6 Å². The number of amides is 3. The van der Waals surface area contributed by atoms with Gasteiger partial charge in [-0.2, -0.15) is 0 Å². The lowest BCUT2D eigenvalue weighted by Crippen LogP contribution is -2.65. The number of piperidine rings is 1. The third-order valence-corrected chi connectivity index (χ3v) is 7.65. The van der Waals surface area contributed by atoms with Crippen LogP contribution in [0.4, 0.5) is 5.69 Å². The van der Waals surface area contributed by atoms with Gasteiger partial charge in [0.25, 0.3) is 5.91 Å². The van der Waals surface area contributed by atoms with Crippen molar-refractivity contribution < 1.29 is 28.6 Å². The average Bonchev–Trinajstić information content (AvgIpc) is 2.93. The molecule has 1 saturated heterocycles. The van der Waals surface area contributed by atoms with E-state index in [9.17, 15) is 14.4 Å². The largest absolute Gasteiger partial charge is 0.493 e. The molecule has 0 aliphatic carbocycles. The normalized spacial score (nSPS) is 18.1. The number of methoxy groups -OCH3 is 2. The monoisotopic (exact) mass is 542 g/mol. The second-order valence-corrected chi connectivity index (χ2v) is 10.1. The maximum absolute atomic E-state index is 14.0. The van der Waals surface area contributed by atoms with Crippen LogP contribution in [0.2, 0.25) is 5.02 Å². The van der Waals surface area contributed by atoms with Crippen molar-refractivity contribution in [3.05, 3.63) is 46.5 Å². The van der Waals surface area contributed by atoms with Crippen LogP contribution in [0.15, 0.2) is 30.3 Å². The highest BCUT2D eigenvalue weighted by Crippen LogP contribution is 2.36. The van der Waals surface area contributed by atoms with Crippen LogP contribution in [0.25, 0.3) is 0 Å². The summed E-state index contributed by atoms with van der Waals surface area (Å²) in [7, 11) is 3.19. The van der Waals surface area contributed by atoms with E-state index in [4.69, 9.17) is 25.8 Å². The molecule has 3 aliphatic rings. The number of anilines is 1. The van der Waals surface area contributed by atoms with Gasteiger partial charge in [0.2, 0.25) is 11.8 Å². The Balaban J connectivity index is 1.35. The third kappa shape index (κ3) is 4.98. The van der Waals surface area contributed by atoms with Crippen molar-refractivity contribution in [1.29, 1.82) is 0 Å². The lowest BCUT2D eigenvalue weighted by molar-refractivity contribution is -0.144. The molecule has 0 bridgehead atoms. The molecule has 2 aromatic rings. The lowest BCUT2D eigenvalue weighted by Gasteiger charge is -2.42. The quantitative estimate of drug-likeness (QED) is 0.574. The highest BCUT2D eigenvalue weighted by molar-refractivity contribution is 6.31. The Morgan fingerprint density at radius 1 is 1.11 bits per heavy atom. The molecule has 0 saturated carbocycles. The van der Waals surface area contributed by atoms with Crippen LogP contribution in [0.5, 0.6) is 17.2 Å². The van der Waals surface area contributed by atoms with Gasteiger partial charge in [-0.05, 0) is 73.8 Å². The average molecular weight is 543 g/mol. The Kier molecular flexibility index (Phi) is 7.36. The van der Waals surface area contributed by atoms with Crippen molar-refractivity contribution >= 4 is 35.0 Å². The zero-order chi connectivity index (χ0) is 26.9. The molecule has 1 fully saturated rings. The summed E-state index contributed by atoms with van der Waals surface area (Å²) >= 11 is 6.14. The van der Waals surface area contributed by atoms with Crippen molar-refractivity contribution in [2.45, 2.75) is 31.3 Å². The Morgan fingerprint density at radius 2 is 1.82 bits per heavy atom. The fraction of sp³-hybridized carbons (Fsp3) is 0.444. The Hall–Kier alpha value is -3.50. The van der Waals surface area contributed by atoms with E-state index in [0.717, 1.165) is 11.1 Å². The molecule has 0 unspecified atom stereocenters. The first-order valence-corrected chi connectivity index (χ1v) is 13.0. The molecule has 3 aliphatic heterocycles. The van der Waals surface area contributed by atoms with Gasteiger partial charge in [0.15, 0.2) is 18.1 Å². The summed E-state index contributed by atoms with van der Waals surface area (Å²) < 4.78 is 16.4. The second-order valence-electron chi connectivity index (χ2n) is 9.71. The van der Waals surface area contributed by atoms with Crippen molar-refractivity contribution in [3.63, 3.8) is 0 Å². The number of fused-ring (bicyclic) bond motifs is 2. The number of hydrogen-bond donors (Lipinski definition) is 2. The molecule has 2 aromatic carbocycles. The van der Waals surface area contributed by atoms with Crippen molar-refractivity contribution in [2.75, 3.05) is 51.9 Å². The Morgan fingerprint density at radius 3 is 2.53 bits per heavy atom. The molecule has 5 rings (SSSR count). The Labute approximate surface area is 226 Å². The topological polar surface area (TPSA) is 109 Å². The SMILES string of the molecule is COc1cc2c(cc1OC)CN(C(=O)C1(NC(=O)CN3C(=O)COc4ccc(Cl)cc43)CCNCC1)CC2. The first-order valence-electron chi connectivity index (χ1n) is 12.6. The molecule has 11 heteroatoms. The first-order chi connectivity index (χ1) is 18.3. The maximum Gasteiger partial charge on any atom is 0.265 e. The van der Waals surface area contributed by atoms with Gasteiger partial charge in [-0.15, -0.1) is 0 Å². The predicted octanol–water partition coefficient (Wildman–Crippen LogP) is 1.91. The second kappa shape index (κ2) is 10.7. The van der Waals surface area contributed by atoms with Gasteiger partial charge in [-0.25, -0.2) is 0 Å². The van der Waals surface area contributed by atoms with Gasteiger partial charge in [0, 0.05) is 18.1 Å². The number of carbonyl (C=O) groups excluding carboxylic acids is 3. The van der Waals surface area contributed by atoms with E-state index in [0.29, 0.717) is 73.4 Å². The molecule has 10 nitrogen and oxygen atoms in total. The molecule has 0 atom stereocenters. The van der Waals surface area contributed by atoms with Crippen LogP contribution in [0.3, 0.4) is 0 Å². The van der Waals surface area contributed by atoms with Gasteiger partial charge in [-0.1, -0.05) is 11.6 Å². The van der Waals surface area contributed by atoms with E-state index in [1.165, 1.54) is 4.90 Å². The first kappa shape index (κ1) is 26.1. The van der Waals surface area contributed by atoms with Crippen LogP contribution in [-0.4, -0.2) is 75.2 Å². The van der Waals surface area contributed by atoms with Gasteiger partial charge in [0.1, 0.15) is 17.8 Å². The van der Waals surface area contributed by atoms with Gasteiger partial charge in [0.05, 0.1) is 19.9 Å². The minimum atomic E-state index is -1.07.